The summed E-state index contributed by atoms with van der Waals surface area (Å²) in [6, 6.07) is 8.38. The molecule has 3 aliphatic heterocycles. The number of piperidine rings is 1. The van der Waals surface area contributed by atoms with E-state index in [9.17, 15) is 4.79 Å². The van der Waals surface area contributed by atoms with Crippen LogP contribution in [-0.2, 0) is 20.9 Å². The molecule has 4 rings (SSSR count). The topological polar surface area (TPSA) is 96.5 Å². The minimum Gasteiger partial charge on any atom is -0.492 e. The molecule has 0 spiro atoms. The number of hydrogen-bond donors (Lipinski definition) is 3. The summed E-state index contributed by atoms with van der Waals surface area (Å²) in [7, 11) is 0. The van der Waals surface area contributed by atoms with E-state index in [2.05, 4.69) is 38.1 Å². The Hall–Kier alpha value is -2.88. The first-order valence-corrected chi connectivity index (χ1v) is 12.7. The maximum Gasteiger partial charge on any atom is 0.267 e. The number of likely N-dealkylation sites (tertiary alicyclic amines) is 1. The summed E-state index contributed by atoms with van der Waals surface area (Å²) in [6.07, 6.45) is 11.4. The Kier molecular flexibility index (Phi) is 9.99. The zero-order valence-electron chi connectivity index (χ0n) is 20.3. The molecule has 9 heteroatoms. The molecule has 9 nitrogen and oxygen atoms in total. The van der Waals surface area contributed by atoms with E-state index in [1.807, 2.05) is 12.1 Å². The van der Waals surface area contributed by atoms with Crippen LogP contribution in [0.2, 0.25) is 0 Å². The number of rotatable bonds is 10. The number of allylic oxidation sites excluding steroid dienone is 1. The van der Waals surface area contributed by atoms with Crippen LogP contribution in [0.4, 0.5) is 0 Å². The largest absolute Gasteiger partial charge is 0.492 e. The first kappa shape index (κ1) is 25.2. The number of carbonyl (C=O) groups excluding carboxylic acids is 1. The summed E-state index contributed by atoms with van der Waals surface area (Å²) in [4.78, 5) is 24.2. The molecule has 190 valence electrons. The van der Waals surface area contributed by atoms with E-state index in [0.717, 1.165) is 43.1 Å². The number of ether oxygens (including phenoxy) is 2. The van der Waals surface area contributed by atoms with Crippen molar-refractivity contribution in [2.24, 2.45) is 4.99 Å². The second-order valence-electron chi connectivity index (χ2n) is 8.97. The van der Waals surface area contributed by atoms with Gasteiger partial charge in [-0.15, -0.1) is 0 Å². The minimum absolute atomic E-state index is 0.335. The smallest absolute Gasteiger partial charge is 0.267 e. The fourth-order valence-electron chi connectivity index (χ4n) is 4.20. The Labute approximate surface area is 207 Å². The van der Waals surface area contributed by atoms with Gasteiger partial charge in [-0.05, 0) is 62.5 Å². The summed E-state index contributed by atoms with van der Waals surface area (Å²) >= 11 is 0. The van der Waals surface area contributed by atoms with Crippen LogP contribution in [0.3, 0.4) is 0 Å². The van der Waals surface area contributed by atoms with Crippen LogP contribution in [0.25, 0.3) is 0 Å². The molecule has 1 atom stereocenters. The molecule has 1 aromatic carbocycles. The lowest BCUT2D eigenvalue weighted by atomic mass is 10.1. The summed E-state index contributed by atoms with van der Waals surface area (Å²) in [5.74, 6) is 1.36. The molecule has 3 heterocycles. The van der Waals surface area contributed by atoms with Crippen molar-refractivity contribution >= 4 is 11.7 Å². The van der Waals surface area contributed by atoms with Crippen molar-refractivity contribution in [2.45, 2.75) is 51.4 Å². The van der Waals surface area contributed by atoms with Crippen molar-refractivity contribution in [3.8, 4) is 5.75 Å². The summed E-state index contributed by atoms with van der Waals surface area (Å²) < 4.78 is 11.2. The normalized spacial score (nSPS) is 22.3. The van der Waals surface area contributed by atoms with Gasteiger partial charge in [0.1, 0.15) is 18.2 Å². The molecule has 1 aromatic rings. The standard InChI is InChI=1S/C26H37N5O4/c32-25(30-35-26-6-2-5-16-34-26)12-9-22-18-29-24(19-28-22)27-13-17-33-23-10-7-21(8-11-23)20-31-14-3-1-4-15-31/h7-12,18,26,28H,1-6,13-17,19-20H2,(H,27,29)(H,30,32)/b12-9+. The average molecular weight is 484 g/mol. The summed E-state index contributed by atoms with van der Waals surface area (Å²) in [5, 5.41) is 6.37. The Bertz CT molecular complexity index is 888. The van der Waals surface area contributed by atoms with Gasteiger partial charge >= 0.3 is 0 Å². The predicted molar refractivity (Wildman–Crippen MR) is 135 cm³/mol. The number of aliphatic imine (C=N–C) groups is 1. The SMILES string of the molecule is O=C(/C=C/C1=CNC(=NCCOc2ccc(CN3CCCCC3)cc2)CN1)NOC1CCCCO1. The summed E-state index contributed by atoms with van der Waals surface area (Å²) in [6.45, 7) is 5.71. The monoisotopic (exact) mass is 483 g/mol. The number of nitrogens with one attached hydrogen (secondary N) is 3. The number of amides is 1. The van der Waals surface area contributed by atoms with Gasteiger partial charge in [-0.1, -0.05) is 18.6 Å². The lowest BCUT2D eigenvalue weighted by Crippen LogP contribution is -2.37. The van der Waals surface area contributed by atoms with Gasteiger partial charge in [0.05, 0.1) is 18.8 Å². The fraction of sp³-hybridized carbons (Fsp3) is 0.538. The van der Waals surface area contributed by atoms with Crippen molar-refractivity contribution in [3.05, 3.63) is 53.9 Å². The third-order valence-electron chi connectivity index (χ3n) is 6.14. The maximum atomic E-state index is 11.9. The van der Waals surface area contributed by atoms with E-state index >= 15 is 0 Å². The number of hydrogen-bond acceptors (Lipinski definition) is 7. The third kappa shape index (κ3) is 9.01. The molecule has 3 N–H and O–H groups in total. The number of amidine groups is 1. The molecule has 0 radical (unpaired) electrons. The number of carbonyl (C=O) groups is 1. The zero-order valence-corrected chi connectivity index (χ0v) is 20.3. The molecule has 2 fully saturated rings. The average Bonchev–Trinajstić information content (AvgIpc) is 2.91. The van der Waals surface area contributed by atoms with Crippen molar-refractivity contribution in [1.82, 2.24) is 21.0 Å². The molecule has 2 saturated heterocycles. The van der Waals surface area contributed by atoms with Crippen molar-refractivity contribution in [3.63, 3.8) is 0 Å². The second kappa shape index (κ2) is 13.9. The predicted octanol–water partition coefficient (Wildman–Crippen LogP) is 2.61. The molecule has 0 bridgehead atoms. The lowest BCUT2D eigenvalue weighted by Gasteiger charge is -2.26. The minimum atomic E-state index is -0.360. The van der Waals surface area contributed by atoms with Gasteiger partial charge in [-0.25, -0.2) is 10.3 Å². The van der Waals surface area contributed by atoms with Crippen LogP contribution in [0.15, 0.2) is 53.3 Å². The van der Waals surface area contributed by atoms with E-state index in [4.69, 9.17) is 14.3 Å². The number of benzene rings is 1. The van der Waals surface area contributed by atoms with Crippen LogP contribution in [-0.4, -0.2) is 62.3 Å². The number of nitrogens with zero attached hydrogens (tertiary/aromatic N) is 2. The molecule has 0 saturated carbocycles. The molecule has 35 heavy (non-hydrogen) atoms. The van der Waals surface area contributed by atoms with Crippen LogP contribution in [0, 0.1) is 0 Å². The first-order chi connectivity index (χ1) is 17.2. The van der Waals surface area contributed by atoms with Crippen LogP contribution in [0.1, 0.15) is 44.1 Å². The van der Waals surface area contributed by atoms with E-state index in [1.54, 1.807) is 12.3 Å². The highest BCUT2D eigenvalue weighted by atomic mass is 16.8. The van der Waals surface area contributed by atoms with Crippen LogP contribution >= 0.6 is 0 Å². The van der Waals surface area contributed by atoms with Gasteiger partial charge in [0, 0.05) is 31.8 Å². The van der Waals surface area contributed by atoms with Gasteiger partial charge in [0.25, 0.3) is 5.91 Å². The van der Waals surface area contributed by atoms with E-state index in [-0.39, 0.29) is 12.2 Å². The molecular weight excluding hydrogens is 446 g/mol. The van der Waals surface area contributed by atoms with Crippen molar-refractivity contribution in [1.29, 1.82) is 0 Å². The Morgan fingerprint density at radius 3 is 2.77 bits per heavy atom. The Morgan fingerprint density at radius 2 is 2.03 bits per heavy atom. The highest BCUT2D eigenvalue weighted by Gasteiger charge is 2.15. The highest BCUT2D eigenvalue weighted by Crippen LogP contribution is 2.16. The van der Waals surface area contributed by atoms with Gasteiger partial charge in [0.2, 0.25) is 0 Å². The lowest BCUT2D eigenvalue weighted by molar-refractivity contribution is -0.198. The fourth-order valence-corrected chi connectivity index (χ4v) is 4.20. The molecule has 0 aliphatic carbocycles. The Morgan fingerprint density at radius 1 is 1.17 bits per heavy atom. The molecule has 3 aliphatic rings. The van der Waals surface area contributed by atoms with Gasteiger partial charge in [0.15, 0.2) is 6.29 Å². The van der Waals surface area contributed by atoms with Crippen molar-refractivity contribution in [2.75, 3.05) is 39.4 Å². The highest BCUT2D eigenvalue weighted by molar-refractivity contribution is 5.88. The quantitative estimate of drug-likeness (QED) is 0.267. The molecule has 0 aromatic heterocycles. The second-order valence-corrected chi connectivity index (χ2v) is 8.97. The van der Waals surface area contributed by atoms with E-state index in [0.29, 0.717) is 26.3 Å². The van der Waals surface area contributed by atoms with Gasteiger partial charge in [-0.3, -0.25) is 14.7 Å². The van der Waals surface area contributed by atoms with Crippen LogP contribution in [0.5, 0.6) is 5.75 Å². The van der Waals surface area contributed by atoms with Gasteiger partial charge < -0.3 is 20.1 Å². The zero-order chi connectivity index (χ0) is 24.1. The molecule has 1 unspecified atom stereocenters. The maximum absolute atomic E-state index is 11.9. The third-order valence-corrected chi connectivity index (χ3v) is 6.14. The van der Waals surface area contributed by atoms with Crippen LogP contribution < -0.4 is 20.9 Å². The Balaban J connectivity index is 1.10. The molecular formula is C26H37N5O4. The van der Waals surface area contributed by atoms with Crippen molar-refractivity contribution < 1.29 is 19.1 Å². The summed E-state index contributed by atoms with van der Waals surface area (Å²) in [5.41, 5.74) is 4.52. The van der Waals surface area contributed by atoms with E-state index in [1.165, 1.54) is 44.0 Å². The van der Waals surface area contributed by atoms with Gasteiger partial charge in [-0.2, -0.15) is 0 Å². The van der Waals surface area contributed by atoms with E-state index < -0.39 is 0 Å². The first-order valence-electron chi connectivity index (χ1n) is 12.7. The molecule has 1 amide bonds. The number of hydroxylamine groups is 1.